The molecule has 0 amide bonds. The number of rotatable bonds is 4. The Morgan fingerprint density at radius 2 is 2.22 bits per heavy atom. The topological polar surface area (TPSA) is 81.5 Å². The van der Waals surface area contributed by atoms with Crippen LogP contribution in [0.5, 0.6) is 5.75 Å². The van der Waals surface area contributed by atoms with Gasteiger partial charge in [-0.05, 0) is 18.1 Å². The maximum absolute atomic E-state index is 11.0. The van der Waals surface area contributed by atoms with Gasteiger partial charge in [0.05, 0.1) is 38.4 Å². The van der Waals surface area contributed by atoms with Gasteiger partial charge in [0.15, 0.2) is 5.69 Å². The van der Waals surface area contributed by atoms with Crippen LogP contribution in [0.25, 0.3) is 16.8 Å². The first-order valence-corrected chi connectivity index (χ1v) is 7.20. The monoisotopic (exact) mass is 312 g/mol. The summed E-state index contributed by atoms with van der Waals surface area (Å²) in [6.07, 6.45) is 5.65. The number of aromatic nitrogens is 2. The number of carbonyl (C=O) groups is 1. The molecular formula is C17H16N2O4. The van der Waals surface area contributed by atoms with Gasteiger partial charge >= 0.3 is 5.97 Å². The minimum absolute atomic E-state index is 0.0855. The van der Waals surface area contributed by atoms with Crippen molar-refractivity contribution in [3.8, 4) is 17.0 Å². The van der Waals surface area contributed by atoms with Crippen LogP contribution in [0, 0.1) is 0 Å². The Morgan fingerprint density at radius 1 is 1.35 bits per heavy atom. The Balaban J connectivity index is 2.00. The zero-order valence-electron chi connectivity index (χ0n) is 12.7. The van der Waals surface area contributed by atoms with Crippen LogP contribution in [-0.4, -0.2) is 41.4 Å². The molecule has 23 heavy (non-hydrogen) atoms. The summed E-state index contributed by atoms with van der Waals surface area (Å²) in [5, 5.41) is 9.02. The average molecular weight is 312 g/mol. The molecule has 0 fully saturated rings. The summed E-state index contributed by atoms with van der Waals surface area (Å²) >= 11 is 0. The van der Waals surface area contributed by atoms with Crippen LogP contribution in [0.1, 0.15) is 22.5 Å². The van der Waals surface area contributed by atoms with Gasteiger partial charge in [-0.2, -0.15) is 0 Å². The number of ether oxygens (including phenoxy) is 2. The fraction of sp³-hybridized carbons (Fsp3) is 0.235. The molecule has 1 aliphatic heterocycles. The van der Waals surface area contributed by atoms with E-state index in [1.165, 1.54) is 18.0 Å². The quantitative estimate of drug-likeness (QED) is 0.934. The fourth-order valence-electron chi connectivity index (χ4n) is 2.50. The zero-order chi connectivity index (χ0) is 16.2. The molecule has 6 heteroatoms. The first-order chi connectivity index (χ1) is 11.2. The summed E-state index contributed by atoms with van der Waals surface area (Å²) in [4.78, 5) is 19.1. The number of hydrogen-bond acceptors (Lipinski definition) is 5. The van der Waals surface area contributed by atoms with Gasteiger partial charge in [0, 0.05) is 11.1 Å². The molecule has 0 bridgehead atoms. The molecule has 118 valence electrons. The van der Waals surface area contributed by atoms with Crippen molar-refractivity contribution in [1.29, 1.82) is 0 Å². The molecular weight excluding hydrogens is 296 g/mol. The summed E-state index contributed by atoms with van der Waals surface area (Å²) in [6, 6.07) is 5.70. The average Bonchev–Trinajstić information content (AvgIpc) is 2.62. The lowest BCUT2D eigenvalue weighted by Crippen LogP contribution is -2.05. The predicted molar refractivity (Wildman–Crippen MR) is 84.4 cm³/mol. The van der Waals surface area contributed by atoms with Crippen LogP contribution in [0.2, 0.25) is 0 Å². The van der Waals surface area contributed by atoms with Crippen molar-refractivity contribution in [2.75, 3.05) is 20.3 Å². The van der Waals surface area contributed by atoms with E-state index in [-0.39, 0.29) is 5.69 Å². The van der Waals surface area contributed by atoms with E-state index in [9.17, 15) is 4.79 Å². The number of benzene rings is 1. The van der Waals surface area contributed by atoms with Gasteiger partial charge in [-0.25, -0.2) is 9.78 Å². The van der Waals surface area contributed by atoms with Crippen LogP contribution in [0.15, 0.2) is 36.7 Å². The molecule has 0 saturated heterocycles. The van der Waals surface area contributed by atoms with E-state index in [0.29, 0.717) is 18.9 Å². The Bertz CT molecular complexity index is 771. The molecule has 0 atom stereocenters. The molecule has 0 spiro atoms. The van der Waals surface area contributed by atoms with Gasteiger partial charge < -0.3 is 14.6 Å². The Morgan fingerprint density at radius 3 is 2.91 bits per heavy atom. The van der Waals surface area contributed by atoms with Gasteiger partial charge in [-0.15, -0.1) is 0 Å². The summed E-state index contributed by atoms with van der Waals surface area (Å²) in [7, 11) is 1.61. The first-order valence-electron chi connectivity index (χ1n) is 7.20. The molecule has 0 radical (unpaired) electrons. The van der Waals surface area contributed by atoms with Crippen molar-refractivity contribution in [3.63, 3.8) is 0 Å². The molecule has 1 N–H and O–H groups in total. The smallest absolute Gasteiger partial charge is 0.356 e. The summed E-state index contributed by atoms with van der Waals surface area (Å²) in [6.45, 7) is 1.30. The van der Waals surface area contributed by atoms with Crippen molar-refractivity contribution in [2.24, 2.45) is 0 Å². The predicted octanol–water partition coefficient (Wildman–Crippen LogP) is 2.65. The van der Waals surface area contributed by atoms with E-state index in [1.54, 1.807) is 7.11 Å². The van der Waals surface area contributed by atoms with Gasteiger partial charge in [-0.1, -0.05) is 18.2 Å². The van der Waals surface area contributed by atoms with Crippen LogP contribution in [0.3, 0.4) is 0 Å². The highest BCUT2D eigenvalue weighted by Gasteiger charge is 2.14. The Hall–Kier alpha value is -2.73. The molecule has 0 saturated carbocycles. The Kier molecular flexibility index (Phi) is 4.34. The number of aromatic carboxylic acids is 1. The molecule has 0 unspecified atom stereocenters. The molecule has 6 nitrogen and oxygen atoms in total. The van der Waals surface area contributed by atoms with E-state index in [2.05, 4.69) is 9.97 Å². The van der Waals surface area contributed by atoms with Crippen molar-refractivity contribution < 1.29 is 19.4 Å². The number of hydrogen-bond donors (Lipinski definition) is 1. The molecule has 1 aromatic heterocycles. The molecule has 0 aliphatic carbocycles. The number of carboxylic acid groups (broad SMARTS) is 1. The highest BCUT2D eigenvalue weighted by atomic mass is 16.5. The maximum atomic E-state index is 11.0. The fourth-order valence-corrected chi connectivity index (χ4v) is 2.50. The maximum Gasteiger partial charge on any atom is 0.356 e. The third-order valence-corrected chi connectivity index (χ3v) is 3.66. The van der Waals surface area contributed by atoms with E-state index < -0.39 is 5.97 Å². The Labute approximate surface area is 133 Å². The lowest BCUT2D eigenvalue weighted by Gasteiger charge is -2.17. The van der Waals surface area contributed by atoms with Crippen molar-refractivity contribution in [3.05, 3.63) is 47.9 Å². The lowest BCUT2D eigenvalue weighted by molar-refractivity contribution is 0.0690. The van der Waals surface area contributed by atoms with E-state index >= 15 is 0 Å². The van der Waals surface area contributed by atoms with Crippen LogP contribution < -0.4 is 4.74 Å². The zero-order valence-corrected chi connectivity index (χ0v) is 12.7. The molecule has 1 aliphatic rings. The normalized spacial score (nSPS) is 14.2. The third-order valence-electron chi connectivity index (χ3n) is 3.66. The van der Waals surface area contributed by atoms with E-state index in [4.69, 9.17) is 14.6 Å². The van der Waals surface area contributed by atoms with Gasteiger partial charge in [0.2, 0.25) is 0 Å². The first kappa shape index (κ1) is 15.2. The van der Waals surface area contributed by atoms with Crippen LogP contribution in [0.4, 0.5) is 0 Å². The highest BCUT2D eigenvalue weighted by Crippen LogP contribution is 2.33. The minimum Gasteiger partial charge on any atom is -0.496 e. The largest absolute Gasteiger partial charge is 0.496 e. The SMILES string of the molecule is COc1cc(-c2cncc(C(=O)O)n2)ccc1C1=CCOCC1. The summed E-state index contributed by atoms with van der Waals surface area (Å²) in [5.41, 5.74) is 3.37. The second kappa shape index (κ2) is 6.58. The molecule has 2 heterocycles. The van der Waals surface area contributed by atoms with Crippen LogP contribution >= 0.6 is 0 Å². The second-order valence-electron chi connectivity index (χ2n) is 5.06. The van der Waals surface area contributed by atoms with Gasteiger partial charge in [0.25, 0.3) is 0 Å². The number of carboxylic acids is 1. The standard InChI is InChI=1S/C17H16N2O4/c1-22-16-8-12(14-9-18-10-15(19-14)17(20)21)2-3-13(16)11-4-6-23-7-5-11/h2-4,8-10H,5-7H2,1H3,(H,20,21). The molecule has 2 aromatic rings. The van der Waals surface area contributed by atoms with Crippen molar-refractivity contribution >= 4 is 11.5 Å². The van der Waals surface area contributed by atoms with E-state index in [0.717, 1.165) is 23.3 Å². The van der Waals surface area contributed by atoms with Crippen molar-refractivity contribution in [1.82, 2.24) is 9.97 Å². The molecule has 3 rings (SSSR count). The molecule has 1 aromatic carbocycles. The number of methoxy groups -OCH3 is 1. The van der Waals surface area contributed by atoms with Crippen LogP contribution in [-0.2, 0) is 4.74 Å². The second-order valence-corrected chi connectivity index (χ2v) is 5.06. The van der Waals surface area contributed by atoms with Crippen molar-refractivity contribution in [2.45, 2.75) is 6.42 Å². The summed E-state index contributed by atoms with van der Waals surface area (Å²) < 4.78 is 10.8. The van der Waals surface area contributed by atoms with Gasteiger partial charge in [-0.3, -0.25) is 4.98 Å². The number of nitrogens with zero attached hydrogens (tertiary/aromatic N) is 2. The summed E-state index contributed by atoms with van der Waals surface area (Å²) in [5.74, 6) is -0.381. The minimum atomic E-state index is -1.10. The lowest BCUT2D eigenvalue weighted by atomic mass is 9.98. The van der Waals surface area contributed by atoms with Gasteiger partial charge in [0.1, 0.15) is 5.75 Å². The third kappa shape index (κ3) is 3.22. The van der Waals surface area contributed by atoms with E-state index in [1.807, 2.05) is 24.3 Å². The highest BCUT2D eigenvalue weighted by molar-refractivity contribution is 5.85.